The average molecular weight is 292 g/mol. The van der Waals surface area contributed by atoms with Crippen molar-refractivity contribution in [2.24, 2.45) is 4.99 Å². The highest BCUT2D eigenvalue weighted by atomic mass is 35.5. The van der Waals surface area contributed by atoms with Gasteiger partial charge in [-0.05, 0) is 31.6 Å². The zero-order valence-electron chi connectivity index (χ0n) is 11.2. The molecular formula is C15H14ClNO3. The van der Waals surface area contributed by atoms with Gasteiger partial charge < -0.3 is 9.84 Å². The third kappa shape index (κ3) is 2.75. The Labute approximate surface area is 122 Å². The van der Waals surface area contributed by atoms with Crippen molar-refractivity contribution in [2.75, 3.05) is 6.61 Å². The molecule has 20 heavy (non-hydrogen) atoms. The maximum absolute atomic E-state index is 11.8. The van der Waals surface area contributed by atoms with Crippen LogP contribution in [0.4, 0.5) is 0 Å². The van der Waals surface area contributed by atoms with Gasteiger partial charge >= 0.3 is 5.97 Å². The first-order valence-electron chi connectivity index (χ1n) is 6.17. The van der Waals surface area contributed by atoms with Gasteiger partial charge in [-0.25, -0.2) is 9.79 Å². The van der Waals surface area contributed by atoms with Gasteiger partial charge in [0.2, 0.25) is 0 Å². The van der Waals surface area contributed by atoms with Crippen LogP contribution in [-0.4, -0.2) is 23.4 Å². The maximum Gasteiger partial charge on any atom is 0.343 e. The van der Waals surface area contributed by atoms with Gasteiger partial charge in [0.25, 0.3) is 0 Å². The van der Waals surface area contributed by atoms with Crippen LogP contribution in [0.15, 0.2) is 46.3 Å². The number of aliphatic hydroxyl groups excluding tert-OH is 1. The van der Waals surface area contributed by atoms with Crippen LogP contribution in [0.2, 0.25) is 5.02 Å². The van der Waals surface area contributed by atoms with Crippen LogP contribution in [0, 0.1) is 0 Å². The largest absolute Gasteiger partial charge is 0.505 e. The Balaban J connectivity index is 2.41. The summed E-state index contributed by atoms with van der Waals surface area (Å²) in [5.41, 5.74) is 1.56. The van der Waals surface area contributed by atoms with Gasteiger partial charge in [-0.3, -0.25) is 0 Å². The van der Waals surface area contributed by atoms with E-state index < -0.39 is 5.97 Å². The molecule has 0 aliphatic carbocycles. The first-order chi connectivity index (χ1) is 9.54. The van der Waals surface area contributed by atoms with E-state index in [1.165, 1.54) is 0 Å². The highest BCUT2D eigenvalue weighted by Gasteiger charge is 2.27. The van der Waals surface area contributed by atoms with Crippen LogP contribution in [0.3, 0.4) is 0 Å². The molecule has 0 saturated heterocycles. The molecule has 2 rings (SSSR count). The molecule has 5 heteroatoms. The minimum Gasteiger partial charge on any atom is -0.505 e. The van der Waals surface area contributed by atoms with E-state index >= 15 is 0 Å². The van der Waals surface area contributed by atoms with E-state index in [1.54, 1.807) is 32.1 Å². The van der Waals surface area contributed by atoms with E-state index in [-0.39, 0.29) is 17.9 Å². The summed E-state index contributed by atoms with van der Waals surface area (Å²) in [5.74, 6) is -0.755. The third-order valence-electron chi connectivity index (χ3n) is 2.81. The fraction of sp³-hybridized carbons (Fsp3) is 0.200. The molecule has 1 aliphatic heterocycles. The molecule has 1 N–H and O–H groups in total. The number of benzene rings is 1. The summed E-state index contributed by atoms with van der Waals surface area (Å²) in [7, 11) is 0. The number of ether oxygens (including phenoxy) is 1. The van der Waals surface area contributed by atoms with E-state index in [4.69, 9.17) is 16.3 Å². The molecule has 4 nitrogen and oxygen atoms in total. The molecule has 0 fully saturated rings. The number of aliphatic imine (C=N–C) groups is 1. The predicted octanol–water partition coefficient (Wildman–Crippen LogP) is 3.53. The van der Waals surface area contributed by atoms with Crippen molar-refractivity contribution in [3.05, 3.63) is 51.9 Å². The lowest BCUT2D eigenvalue weighted by Gasteiger charge is -2.03. The molecule has 0 spiro atoms. The molecule has 0 saturated carbocycles. The Kier molecular flexibility index (Phi) is 4.25. The molecule has 1 heterocycles. The summed E-state index contributed by atoms with van der Waals surface area (Å²) in [6, 6.07) is 7.19. The Morgan fingerprint density at radius 2 is 2.15 bits per heavy atom. The van der Waals surface area contributed by atoms with E-state index in [9.17, 15) is 9.90 Å². The summed E-state index contributed by atoms with van der Waals surface area (Å²) >= 11 is 6.05. The van der Waals surface area contributed by atoms with Crippen molar-refractivity contribution in [2.45, 2.75) is 13.8 Å². The fourth-order valence-corrected chi connectivity index (χ4v) is 2.07. The summed E-state index contributed by atoms with van der Waals surface area (Å²) in [6.45, 7) is 3.60. The Hall–Kier alpha value is -2.07. The van der Waals surface area contributed by atoms with Crippen molar-refractivity contribution >= 4 is 29.4 Å². The molecule has 0 atom stereocenters. The van der Waals surface area contributed by atoms with Gasteiger partial charge in [0, 0.05) is 5.02 Å². The summed E-state index contributed by atoms with van der Waals surface area (Å²) in [6.07, 6.45) is 1.63. The third-order valence-corrected chi connectivity index (χ3v) is 3.15. The molecule has 1 aromatic carbocycles. The topological polar surface area (TPSA) is 58.9 Å². The number of rotatable bonds is 3. The number of hydrogen-bond donors (Lipinski definition) is 1. The van der Waals surface area contributed by atoms with Gasteiger partial charge in [-0.15, -0.1) is 0 Å². The summed E-state index contributed by atoms with van der Waals surface area (Å²) in [5, 5.41) is 10.7. The van der Waals surface area contributed by atoms with Gasteiger partial charge in [0.05, 0.1) is 12.3 Å². The second-order valence-electron chi connectivity index (χ2n) is 4.19. The molecule has 0 unspecified atom stereocenters. The van der Waals surface area contributed by atoms with E-state index in [1.807, 2.05) is 12.1 Å². The van der Waals surface area contributed by atoms with E-state index in [0.717, 1.165) is 5.56 Å². The fourth-order valence-electron chi connectivity index (χ4n) is 1.88. The van der Waals surface area contributed by atoms with E-state index in [2.05, 4.69) is 4.99 Å². The van der Waals surface area contributed by atoms with Crippen LogP contribution >= 0.6 is 11.6 Å². The molecule has 1 aliphatic rings. The van der Waals surface area contributed by atoms with Crippen molar-refractivity contribution < 1.29 is 14.6 Å². The van der Waals surface area contributed by atoms with Gasteiger partial charge in [0.1, 0.15) is 11.3 Å². The van der Waals surface area contributed by atoms with Crippen molar-refractivity contribution in [3.8, 4) is 0 Å². The Morgan fingerprint density at radius 1 is 1.45 bits per heavy atom. The van der Waals surface area contributed by atoms with Crippen molar-refractivity contribution in [3.63, 3.8) is 0 Å². The van der Waals surface area contributed by atoms with E-state index in [0.29, 0.717) is 16.4 Å². The first kappa shape index (κ1) is 14.3. The van der Waals surface area contributed by atoms with Crippen LogP contribution in [0.1, 0.15) is 19.4 Å². The molecule has 104 valence electrons. The maximum atomic E-state index is 11.8. The molecule has 0 bridgehead atoms. The second-order valence-corrected chi connectivity index (χ2v) is 4.60. The number of hydrogen-bond acceptors (Lipinski definition) is 4. The number of carbonyl (C=O) groups is 1. The number of halogens is 1. The van der Waals surface area contributed by atoms with Crippen LogP contribution < -0.4 is 0 Å². The van der Waals surface area contributed by atoms with Crippen LogP contribution in [-0.2, 0) is 9.53 Å². The Bertz CT molecular complexity index is 644. The number of nitrogens with zero attached hydrogens (tertiary/aromatic N) is 1. The quantitative estimate of drug-likeness (QED) is 0.867. The van der Waals surface area contributed by atoms with Crippen molar-refractivity contribution in [1.82, 2.24) is 0 Å². The van der Waals surface area contributed by atoms with Gasteiger partial charge in [-0.1, -0.05) is 29.8 Å². The molecule has 0 radical (unpaired) electrons. The van der Waals surface area contributed by atoms with Crippen LogP contribution in [0.25, 0.3) is 6.08 Å². The average Bonchev–Trinajstić information content (AvgIpc) is 2.67. The SMILES string of the molecule is CCOC(=O)C1=C(O)C(=Cc2ccccc2Cl)N=C1C. The number of aliphatic hydroxyl groups is 1. The highest BCUT2D eigenvalue weighted by molar-refractivity contribution is 6.32. The smallest absolute Gasteiger partial charge is 0.343 e. The number of esters is 1. The second kappa shape index (κ2) is 5.92. The lowest BCUT2D eigenvalue weighted by molar-refractivity contribution is -0.138. The lowest BCUT2D eigenvalue weighted by atomic mass is 10.1. The minimum atomic E-state index is -0.575. The zero-order chi connectivity index (χ0) is 14.7. The summed E-state index contributed by atoms with van der Waals surface area (Å²) < 4.78 is 4.90. The zero-order valence-corrected chi connectivity index (χ0v) is 11.9. The predicted molar refractivity (Wildman–Crippen MR) is 78.8 cm³/mol. The minimum absolute atomic E-state index is 0.102. The van der Waals surface area contributed by atoms with Crippen molar-refractivity contribution in [1.29, 1.82) is 0 Å². The normalized spacial score (nSPS) is 16.6. The molecular weight excluding hydrogens is 278 g/mol. The first-order valence-corrected chi connectivity index (χ1v) is 6.55. The number of carbonyl (C=O) groups excluding carboxylic acids is 1. The summed E-state index contributed by atoms with van der Waals surface area (Å²) in [4.78, 5) is 15.9. The monoisotopic (exact) mass is 291 g/mol. The standard InChI is InChI=1S/C15H14ClNO3/c1-3-20-15(19)13-9(2)17-12(14(13)18)8-10-6-4-5-7-11(10)16/h4-8,18H,3H2,1-2H3. The molecule has 1 aromatic rings. The van der Waals surface area contributed by atoms with Crippen LogP contribution in [0.5, 0.6) is 0 Å². The molecule has 0 aromatic heterocycles. The highest BCUT2D eigenvalue weighted by Crippen LogP contribution is 2.28. The lowest BCUT2D eigenvalue weighted by Crippen LogP contribution is -2.13. The molecule has 0 amide bonds. The van der Waals surface area contributed by atoms with Gasteiger partial charge in [-0.2, -0.15) is 0 Å². The van der Waals surface area contributed by atoms with Gasteiger partial charge in [0.15, 0.2) is 5.76 Å². The Morgan fingerprint density at radius 3 is 2.80 bits per heavy atom.